The summed E-state index contributed by atoms with van der Waals surface area (Å²) in [5, 5.41) is 5.30. The second-order valence-corrected chi connectivity index (χ2v) is 8.82. The van der Waals surface area contributed by atoms with Crippen molar-refractivity contribution in [3.63, 3.8) is 0 Å². The second-order valence-electron chi connectivity index (χ2n) is 8.82. The van der Waals surface area contributed by atoms with Crippen LogP contribution in [0.1, 0.15) is 38.3 Å². The maximum Gasteiger partial charge on any atom is 0.242 e. The van der Waals surface area contributed by atoms with Crippen molar-refractivity contribution in [2.75, 3.05) is 13.7 Å². The molecule has 5 heteroatoms. The fraction of sp³-hybridized carbons (Fsp3) is 0.357. The normalized spacial score (nSPS) is 11.9. The lowest BCUT2D eigenvalue weighted by atomic mass is 10.0. The van der Waals surface area contributed by atoms with Crippen LogP contribution in [0.2, 0.25) is 0 Å². The van der Waals surface area contributed by atoms with E-state index in [4.69, 9.17) is 4.74 Å². The van der Waals surface area contributed by atoms with Gasteiger partial charge in [0.1, 0.15) is 11.8 Å². The molecule has 1 N–H and O–H groups in total. The van der Waals surface area contributed by atoms with E-state index in [0.29, 0.717) is 31.8 Å². The van der Waals surface area contributed by atoms with E-state index in [2.05, 4.69) is 43.4 Å². The van der Waals surface area contributed by atoms with Gasteiger partial charge in [0.25, 0.3) is 0 Å². The van der Waals surface area contributed by atoms with Gasteiger partial charge < -0.3 is 15.0 Å². The average Bonchev–Trinajstić information content (AvgIpc) is 2.84. The van der Waals surface area contributed by atoms with Crippen molar-refractivity contribution in [3.8, 4) is 5.75 Å². The molecule has 1 atom stereocenters. The van der Waals surface area contributed by atoms with E-state index in [0.717, 1.165) is 22.3 Å². The van der Waals surface area contributed by atoms with Gasteiger partial charge in [0.15, 0.2) is 0 Å². The Bertz CT molecular complexity index is 1070. The van der Waals surface area contributed by atoms with Gasteiger partial charge in [0.2, 0.25) is 11.8 Å². The summed E-state index contributed by atoms with van der Waals surface area (Å²) in [6.45, 7) is 6.86. The zero-order valence-electron chi connectivity index (χ0n) is 20.0. The number of aryl methyl sites for hydroxylation is 1. The molecule has 0 heterocycles. The largest absolute Gasteiger partial charge is 0.497 e. The van der Waals surface area contributed by atoms with Gasteiger partial charge in [-0.15, -0.1) is 0 Å². The predicted octanol–water partition coefficient (Wildman–Crippen LogP) is 4.97. The zero-order chi connectivity index (χ0) is 23.8. The molecule has 0 spiro atoms. The van der Waals surface area contributed by atoms with Crippen molar-refractivity contribution >= 4 is 22.6 Å². The van der Waals surface area contributed by atoms with Gasteiger partial charge in [0, 0.05) is 19.5 Å². The van der Waals surface area contributed by atoms with E-state index in [1.807, 2.05) is 42.5 Å². The second kappa shape index (κ2) is 11.5. The Kier molecular flexibility index (Phi) is 8.47. The van der Waals surface area contributed by atoms with Gasteiger partial charge in [-0.25, -0.2) is 0 Å². The van der Waals surface area contributed by atoms with Gasteiger partial charge in [-0.3, -0.25) is 9.59 Å². The first-order valence-corrected chi connectivity index (χ1v) is 11.6. The fourth-order valence-electron chi connectivity index (χ4n) is 3.86. The van der Waals surface area contributed by atoms with E-state index < -0.39 is 6.04 Å². The Morgan fingerprint density at radius 2 is 1.64 bits per heavy atom. The van der Waals surface area contributed by atoms with Crippen LogP contribution in [0.25, 0.3) is 10.8 Å². The number of hydrogen-bond acceptors (Lipinski definition) is 3. The van der Waals surface area contributed by atoms with Crippen molar-refractivity contribution in [1.82, 2.24) is 10.2 Å². The third kappa shape index (κ3) is 6.58. The first-order valence-electron chi connectivity index (χ1n) is 11.6. The van der Waals surface area contributed by atoms with Crippen molar-refractivity contribution in [2.45, 2.75) is 46.2 Å². The molecular weight excluding hydrogens is 412 g/mol. The Morgan fingerprint density at radius 3 is 2.33 bits per heavy atom. The van der Waals surface area contributed by atoms with Crippen LogP contribution in [-0.2, 0) is 22.6 Å². The number of carbonyl (C=O) groups excluding carboxylic acids is 2. The Labute approximate surface area is 196 Å². The third-order valence-electron chi connectivity index (χ3n) is 5.85. The number of ether oxygens (including phenoxy) is 1. The van der Waals surface area contributed by atoms with E-state index in [1.54, 1.807) is 18.9 Å². The van der Waals surface area contributed by atoms with Crippen molar-refractivity contribution in [3.05, 3.63) is 77.9 Å². The fourth-order valence-corrected chi connectivity index (χ4v) is 3.86. The van der Waals surface area contributed by atoms with Crippen LogP contribution in [0.3, 0.4) is 0 Å². The summed E-state index contributed by atoms with van der Waals surface area (Å²) in [7, 11) is 1.62. The number of nitrogens with zero attached hydrogens (tertiary/aromatic N) is 1. The predicted molar refractivity (Wildman–Crippen MR) is 133 cm³/mol. The third-order valence-corrected chi connectivity index (χ3v) is 5.85. The Balaban J connectivity index is 1.77. The first-order chi connectivity index (χ1) is 15.9. The monoisotopic (exact) mass is 446 g/mol. The van der Waals surface area contributed by atoms with Gasteiger partial charge in [-0.2, -0.15) is 0 Å². The number of fused-ring (bicyclic) bond motifs is 1. The molecule has 3 aromatic rings. The lowest BCUT2D eigenvalue weighted by Gasteiger charge is -2.29. The van der Waals surface area contributed by atoms with Gasteiger partial charge in [-0.1, -0.05) is 68.4 Å². The van der Waals surface area contributed by atoms with E-state index in [-0.39, 0.29) is 11.8 Å². The van der Waals surface area contributed by atoms with Crippen LogP contribution in [-0.4, -0.2) is 36.4 Å². The zero-order valence-corrected chi connectivity index (χ0v) is 20.0. The topological polar surface area (TPSA) is 58.6 Å². The van der Waals surface area contributed by atoms with E-state index in [1.165, 1.54) is 5.39 Å². The van der Waals surface area contributed by atoms with Gasteiger partial charge in [0.05, 0.1) is 7.11 Å². The molecule has 0 aliphatic rings. The van der Waals surface area contributed by atoms with Crippen LogP contribution in [0.5, 0.6) is 5.75 Å². The summed E-state index contributed by atoms with van der Waals surface area (Å²) in [5.41, 5.74) is 2.10. The number of hydrogen-bond donors (Lipinski definition) is 1. The Morgan fingerprint density at radius 1 is 0.939 bits per heavy atom. The summed E-state index contributed by atoms with van der Waals surface area (Å²) in [4.78, 5) is 27.9. The molecule has 1 unspecified atom stereocenters. The quantitative estimate of drug-likeness (QED) is 0.478. The number of rotatable bonds is 10. The summed E-state index contributed by atoms with van der Waals surface area (Å²) in [6, 6.07) is 21.4. The van der Waals surface area contributed by atoms with Crippen molar-refractivity contribution in [1.29, 1.82) is 0 Å². The number of nitrogens with one attached hydrogen (secondary N) is 1. The number of methoxy groups -OCH3 is 1. The minimum absolute atomic E-state index is 0.0362. The molecule has 2 amide bonds. The highest BCUT2D eigenvalue weighted by Gasteiger charge is 2.26. The standard InChI is InChI=1S/C28H34N2O3/c1-20(2)18-29-28(32)21(3)30(19-22-12-15-25(33-4)16-13-22)27(31)17-14-24-10-7-9-23-8-5-6-11-26(23)24/h5-13,15-16,20-21H,14,17-19H2,1-4H3,(H,29,32). The molecule has 33 heavy (non-hydrogen) atoms. The molecule has 0 radical (unpaired) electrons. The highest BCUT2D eigenvalue weighted by atomic mass is 16.5. The first kappa shape index (κ1) is 24.3. The molecule has 0 bridgehead atoms. The highest BCUT2D eigenvalue weighted by molar-refractivity contribution is 5.88. The molecule has 3 aromatic carbocycles. The molecule has 0 aromatic heterocycles. The smallest absolute Gasteiger partial charge is 0.242 e. The van der Waals surface area contributed by atoms with Gasteiger partial charge in [-0.05, 0) is 53.3 Å². The molecule has 0 aliphatic carbocycles. The van der Waals surface area contributed by atoms with Crippen LogP contribution < -0.4 is 10.1 Å². The number of amides is 2. The molecular formula is C28H34N2O3. The Hall–Kier alpha value is -3.34. The highest BCUT2D eigenvalue weighted by Crippen LogP contribution is 2.21. The average molecular weight is 447 g/mol. The summed E-state index contributed by atoms with van der Waals surface area (Å²) in [6.07, 6.45) is 0.964. The molecule has 3 rings (SSSR count). The lowest BCUT2D eigenvalue weighted by Crippen LogP contribution is -2.48. The van der Waals surface area contributed by atoms with Crippen LogP contribution in [0.4, 0.5) is 0 Å². The van der Waals surface area contributed by atoms with E-state index in [9.17, 15) is 9.59 Å². The summed E-state index contributed by atoms with van der Waals surface area (Å²) in [5.74, 6) is 0.940. The van der Waals surface area contributed by atoms with Crippen molar-refractivity contribution < 1.29 is 14.3 Å². The molecule has 0 aliphatic heterocycles. The summed E-state index contributed by atoms with van der Waals surface area (Å²) < 4.78 is 5.24. The molecule has 5 nitrogen and oxygen atoms in total. The summed E-state index contributed by atoms with van der Waals surface area (Å²) >= 11 is 0. The number of carbonyl (C=O) groups is 2. The van der Waals surface area contributed by atoms with Crippen LogP contribution in [0, 0.1) is 5.92 Å². The maximum atomic E-state index is 13.4. The SMILES string of the molecule is COc1ccc(CN(C(=O)CCc2cccc3ccccc23)C(C)C(=O)NCC(C)C)cc1. The van der Waals surface area contributed by atoms with Crippen LogP contribution in [0.15, 0.2) is 66.7 Å². The van der Waals surface area contributed by atoms with E-state index >= 15 is 0 Å². The minimum Gasteiger partial charge on any atom is -0.497 e. The molecule has 174 valence electrons. The molecule has 0 saturated carbocycles. The lowest BCUT2D eigenvalue weighted by molar-refractivity contribution is -0.140. The van der Waals surface area contributed by atoms with Gasteiger partial charge >= 0.3 is 0 Å². The molecule has 0 fully saturated rings. The van der Waals surface area contributed by atoms with Crippen molar-refractivity contribution in [2.24, 2.45) is 5.92 Å². The minimum atomic E-state index is -0.564. The maximum absolute atomic E-state index is 13.4. The number of benzene rings is 3. The molecule has 0 saturated heterocycles. The van der Waals surface area contributed by atoms with Crippen LogP contribution >= 0.6 is 0 Å².